The topological polar surface area (TPSA) is 24.9 Å². The Morgan fingerprint density at radius 3 is 1.19 bits per heavy atom. The minimum absolute atomic E-state index is 0.168. The van der Waals surface area contributed by atoms with Gasteiger partial charge in [-0.3, -0.25) is 0 Å². The molecule has 1 aliphatic carbocycles. The van der Waals surface area contributed by atoms with Gasteiger partial charge in [0.15, 0.2) is 0 Å². The lowest BCUT2D eigenvalue weighted by atomic mass is 9.54. The molecule has 4 nitrogen and oxygen atoms in total. The molecule has 10 aromatic rings. The van der Waals surface area contributed by atoms with E-state index < -0.39 is 5.41 Å². The number of anilines is 6. The molecule has 10 aromatic carbocycles. The summed E-state index contributed by atoms with van der Waals surface area (Å²) < 4.78 is 11.9. The van der Waals surface area contributed by atoms with Gasteiger partial charge in [0, 0.05) is 28.7 Å². The fourth-order valence-corrected chi connectivity index (χ4v) is 10.8. The van der Waals surface area contributed by atoms with Gasteiger partial charge in [0.05, 0.1) is 31.0 Å². The summed E-state index contributed by atoms with van der Waals surface area (Å²) in [7, 11) is 3.47. The molecule has 0 aliphatic heterocycles. The molecule has 1 aliphatic rings. The first-order valence-corrected chi connectivity index (χ1v) is 24.5. The minimum atomic E-state index is -0.743. The van der Waals surface area contributed by atoms with Crippen molar-refractivity contribution >= 4 is 50.8 Å². The minimum Gasteiger partial charge on any atom is -0.495 e. The highest BCUT2D eigenvalue weighted by Gasteiger charge is 2.50. The first-order valence-electron chi connectivity index (χ1n) is 24.5. The second-order valence-corrected chi connectivity index (χ2v) is 17.9. The van der Waals surface area contributed by atoms with Gasteiger partial charge in [-0.1, -0.05) is 212 Å². The number of hydrogen-bond donors (Lipinski definition) is 0. The second kappa shape index (κ2) is 20.5. The maximum atomic E-state index is 5.99. The van der Waals surface area contributed by atoms with Gasteiger partial charge in [0.25, 0.3) is 0 Å². The summed E-state index contributed by atoms with van der Waals surface area (Å²) in [5.74, 6) is 1.42. The van der Waals surface area contributed by atoms with Gasteiger partial charge in [-0.25, -0.2) is 0 Å². The molecule has 0 amide bonds. The van der Waals surface area contributed by atoms with Crippen LogP contribution in [0.5, 0.6) is 11.5 Å². The van der Waals surface area contributed by atoms with Gasteiger partial charge in [0.2, 0.25) is 0 Å². The van der Waals surface area contributed by atoms with E-state index >= 15 is 0 Å². The van der Waals surface area contributed by atoms with Crippen LogP contribution in [-0.4, -0.2) is 14.2 Å². The average molecular weight is 931 g/mol. The summed E-state index contributed by atoms with van der Waals surface area (Å²) in [6.45, 7) is 0. The molecule has 0 saturated carbocycles. The fourth-order valence-electron chi connectivity index (χ4n) is 10.8. The van der Waals surface area contributed by atoms with Gasteiger partial charge < -0.3 is 19.3 Å². The summed E-state index contributed by atoms with van der Waals surface area (Å²) >= 11 is 0. The lowest BCUT2D eigenvalue weighted by Gasteiger charge is -2.48. The van der Waals surface area contributed by atoms with E-state index in [1.54, 1.807) is 14.2 Å². The first-order chi connectivity index (χ1) is 35.7. The molecule has 72 heavy (non-hydrogen) atoms. The normalized spacial score (nSPS) is 15.3. The van der Waals surface area contributed by atoms with E-state index in [4.69, 9.17) is 9.47 Å². The van der Waals surface area contributed by atoms with Crippen molar-refractivity contribution in [3.8, 4) is 11.5 Å². The largest absolute Gasteiger partial charge is 0.495 e. The van der Waals surface area contributed by atoms with E-state index in [0.717, 1.165) is 62.3 Å². The molecule has 0 aromatic heterocycles. The summed E-state index contributed by atoms with van der Waals surface area (Å²) in [5, 5.41) is 0. The molecule has 2 atom stereocenters. The number of ether oxygens (including phenoxy) is 2. The summed E-state index contributed by atoms with van der Waals surface area (Å²) in [6.07, 6.45) is 2.56. The van der Waals surface area contributed by atoms with Crippen LogP contribution in [0, 0.1) is 0 Å². The number of allylic oxidation sites excluding steroid dienone is 4. The van der Waals surface area contributed by atoms with Crippen molar-refractivity contribution in [1.82, 2.24) is 0 Å². The van der Waals surface area contributed by atoms with Gasteiger partial charge >= 0.3 is 0 Å². The average Bonchev–Trinajstić information content (AvgIpc) is 3.47. The molecular weight excluding hydrogens is 877 g/mol. The van der Waals surface area contributed by atoms with E-state index in [-0.39, 0.29) is 5.92 Å². The van der Waals surface area contributed by atoms with Crippen LogP contribution in [0.3, 0.4) is 0 Å². The molecule has 348 valence electrons. The zero-order valence-electron chi connectivity index (χ0n) is 40.4. The fraction of sp³-hybridized carbons (Fsp3) is 0.0588. The molecule has 0 bridgehead atoms. The molecule has 0 heterocycles. The smallest absolute Gasteiger partial charge is 0.142 e. The number of methoxy groups -OCH3 is 2. The van der Waals surface area contributed by atoms with Gasteiger partial charge in [-0.15, -0.1) is 0 Å². The number of benzene rings is 10. The van der Waals surface area contributed by atoms with Crippen molar-refractivity contribution in [1.29, 1.82) is 0 Å². The van der Waals surface area contributed by atoms with Gasteiger partial charge in [-0.05, 0) is 123 Å². The molecule has 2 unspecified atom stereocenters. The number of nitrogens with zero attached hydrogens (tertiary/aromatic N) is 2. The third-order valence-electron chi connectivity index (χ3n) is 13.9. The van der Waals surface area contributed by atoms with Crippen molar-refractivity contribution in [2.75, 3.05) is 24.0 Å². The summed E-state index contributed by atoms with van der Waals surface area (Å²) in [4.78, 5) is 4.55. The van der Waals surface area contributed by atoms with Crippen molar-refractivity contribution < 1.29 is 9.47 Å². The lowest BCUT2D eigenvalue weighted by molar-refractivity contribution is 0.416. The first kappa shape index (κ1) is 45.3. The third kappa shape index (κ3) is 8.43. The number of rotatable bonds is 14. The van der Waals surface area contributed by atoms with Crippen LogP contribution in [0.1, 0.15) is 39.3 Å². The highest BCUT2D eigenvalue weighted by molar-refractivity contribution is 6.19. The highest BCUT2D eigenvalue weighted by Crippen LogP contribution is 2.62. The zero-order chi connectivity index (χ0) is 48.7. The molecule has 0 radical (unpaired) electrons. The van der Waals surface area contributed by atoms with E-state index in [1.807, 2.05) is 24.3 Å². The Kier molecular flexibility index (Phi) is 12.9. The summed E-state index contributed by atoms with van der Waals surface area (Å²) in [6, 6.07) is 100. The van der Waals surface area contributed by atoms with Crippen LogP contribution >= 0.6 is 0 Å². The van der Waals surface area contributed by atoms with Crippen LogP contribution < -0.4 is 19.3 Å². The Labute approximate surface area is 423 Å². The van der Waals surface area contributed by atoms with Crippen molar-refractivity contribution in [3.05, 3.63) is 319 Å². The molecule has 0 fully saturated rings. The van der Waals surface area contributed by atoms with Crippen LogP contribution in [0.4, 0.5) is 34.1 Å². The van der Waals surface area contributed by atoms with E-state index in [9.17, 15) is 0 Å². The Hall–Kier alpha value is -9.12. The standard InChI is InChI=1S/C68H54N2O2/c1-71-64-39-23-21-37-62(64)69(56-33-17-7-18-34-56)58-45-41-50(42-46-58)60-49-61(51-25-9-3-10-26-51)68(54-31-15-6-16-32-54,67(53-29-13-5-14-30-53)66(60)52-27-11-4-12-28-52)55-43-47-59(48-44-55)70(57-35-19-8-20-36-57)63-38-22-24-40-65(63)72-2/h3-49,61H,1-2H3. The maximum absolute atomic E-state index is 5.99. The predicted octanol–water partition coefficient (Wildman–Crippen LogP) is 17.4. The predicted molar refractivity (Wildman–Crippen MR) is 299 cm³/mol. The van der Waals surface area contributed by atoms with E-state index in [0.29, 0.717) is 0 Å². The van der Waals surface area contributed by atoms with Crippen molar-refractivity contribution in [2.45, 2.75) is 11.3 Å². The highest BCUT2D eigenvalue weighted by atomic mass is 16.5. The van der Waals surface area contributed by atoms with Crippen LogP contribution in [-0.2, 0) is 5.41 Å². The third-order valence-corrected chi connectivity index (χ3v) is 13.9. The van der Waals surface area contributed by atoms with Crippen LogP contribution in [0.15, 0.2) is 285 Å². The SMILES string of the molecule is COc1ccccc1N(c1ccccc1)c1ccc(C2=CC(c3ccccc3)C(c3ccccc3)(c3ccc(N(c4ccccc4)c4ccccc4OC)cc3)C(c3ccccc3)=C2c2ccccc2)cc1. The Balaban J connectivity index is 1.18. The van der Waals surface area contributed by atoms with Crippen molar-refractivity contribution in [3.63, 3.8) is 0 Å². The number of para-hydroxylation sites is 6. The second-order valence-electron chi connectivity index (χ2n) is 17.9. The maximum Gasteiger partial charge on any atom is 0.142 e. The molecule has 0 N–H and O–H groups in total. The van der Waals surface area contributed by atoms with Crippen molar-refractivity contribution in [2.24, 2.45) is 0 Å². The van der Waals surface area contributed by atoms with Crippen LogP contribution in [0.25, 0.3) is 16.7 Å². The Morgan fingerprint density at radius 2 is 0.708 bits per heavy atom. The Bertz CT molecular complexity index is 3450. The monoisotopic (exact) mass is 930 g/mol. The molecular formula is C68H54N2O2. The molecule has 4 heteroatoms. The Morgan fingerprint density at radius 1 is 0.333 bits per heavy atom. The zero-order valence-corrected chi connectivity index (χ0v) is 40.4. The van der Waals surface area contributed by atoms with Gasteiger partial charge in [0.1, 0.15) is 11.5 Å². The lowest BCUT2D eigenvalue weighted by Crippen LogP contribution is -2.39. The molecule has 11 rings (SSSR count). The summed E-state index contributed by atoms with van der Waals surface area (Å²) in [5.41, 5.74) is 15.9. The number of hydrogen-bond acceptors (Lipinski definition) is 4. The molecule has 0 saturated heterocycles. The quantitative estimate of drug-likeness (QED) is 0.108. The van der Waals surface area contributed by atoms with E-state index in [1.165, 1.54) is 33.4 Å². The van der Waals surface area contributed by atoms with Crippen LogP contribution in [0.2, 0.25) is 0 Å². The van der Waals surface area contributed by atoms with Gasteiger partial charge in [-0.2, -0.15) is 0 Å². The van der Waals surface area contributed by atoms with E-state index in [2.05, 4.69) is 271 Å². The molecule has 0 spiro atoms.